The number of ether oxygens (including phenoxy) is 4. The van der Waals surface area contributed by atoms with E-state index in [-0.39, 0.29) is 12.8 Å². The number of fused-ring (bicyclic) bond motifs is 1. The fraction of sp³-hybridized carbons (Fsp3) is 0.679. The highest BCUT2D eigenvalue weighted by Gasteiger charge is 2.91. The Hall–Kier alpha value is -2.69. The Kier molecular flexibility index (Phi) is 4.90. The fourth-order valence-corrected chi connectivity index (χ4v) is 9.26. The Morgan fingerprint density at radius 3 is 2.42 bits per heavy atom. The lowest BCUT2D eigenvalue weighted by Gasteiger charge is -2.71. The number of esters is 3. The van der Waals surface area contributed by atoms with E-state index in [0.717, 1.165) is 0 Å². The number of carbonyl (C=O) groups excluding carboxylic acids is 3. The summed E-state index contributed by atoms with van der Waals surface area (Å²) in [5.74, 6) is -2.60. The minimum absolute atomic E-state index is 0.0649. The zero-order chi connectivity index (χ0) is 27.7. The third kappa shape index (κ3) is 2.66. The van der Waals surface area contributed by atoms with Crippen LogP contribution in [0.5, 0.6) is 0 Å². The van der Waals surface area contributed by atoms with Gasteiger partial charge in [-0.25, -0.2) is 9.59 Å². The molecule has 10 heteroatoms. The molecule has 10 nitrogen and oxygen atoms in total. The van der Waals surface area contributed by atoms with Crippen molar-refractivity contribution in [2.75, 3.05) is 0 Å². The van der Waals surface area contributed by atoms with Crippen molar-refractivity contribution >= 4 is 17.9 Å². The van der Waals surface area contributed by atoms with Crippen molar-refractivity contribution in [2.24, 2.45) is 22.2 Å². The molecule has 2 spiro atoms. The maximum atomic E-state index is 13.3. The first kappa shape index (κ1) is 25.6. The normalized spacial score (nSPS) is 50.3. The summed E-state index contributed by atoms with van der Waals surface area (Å²) < 4.78 is 29.3. The number of carbonyl (C=O) groups is 3. The Morgan fingerprint density at radius 2 is 1.82 bits per heavy atom. The standard InChI is InChI=1S/C28H34O10/c1-14(29)35-17-12-27(9-7-18(31)37-23(27,2)3)26(6,33)19-16(30)11-24(4)20(15-8-10-34-13-15)36-22(32)21-28(24,38-21)25(17,19)5/h7-10,13,16-17,19-21,30,33H,11-12H2,1-6H3/t16-,17+,19-,20-,21+,24-,25+,26-,27-,28+/m0/s1. The number of hydrogen-bond acceptors (Lipinski definition) is 10. The smallest absolute Gasteiger partial charge is 0.339 e. The first-order valence-electron chi connectivity index (χ1n) is 13.0. The van der Waals surface area contributed by atoms with Crippen LogP contribution in [0.25, 0.3) is 0 Å². The molecule has 1 aromatic heterocycles. The molecule has 2 saturated heterocycles. The highest BCUT2D eigenvalue weighted by Crippen LogP contribution is 2.79. The largest absolute Gasteiger partial charge is 0.472 e. The minimum Gasteiger partial charge on any atom is -0.472 e. The predicted octanol–water partition coefficient (Wildman–Crippen LogP) is 2.37. The number of rotatable bonds is 2. The predicted molar refractivity (Wildman–Crippen MR) is 128 cm³/mol. The molecule has 38 heavy (non-hydrogen) atoms. The average Bonchev–Trinajstić information content (AvgIpc) is 3.36. The molecular formula is C28H34O10. The van der Waals surface area contributed by atoms with E-state index in [9.17, 15) is 24.6 Å². The van der Waals surface area contributed by atoms with E-state index >= 15 is 0 Å². The van der Waals surface area contributed by atoms with Gasteiger partial charge in [0.2, 0.25) is 0 Å². The van der Waals surface area contributed by atoms with E-state index in [1.807, 2.05) is 13.8 Å². The molecule has 2 saturated carbocycles. The van der Waals surface area contributed by atoms with Gasteiger partial charge in [0.25, 0.3) is 0 Å². The number of cyclic esters (lactones) is 2. The lowest BCUT2D eigenvalue weighted by Crippen LogP contribution is -2.80. The van der Waals surface area contributed by atoms with Gasteiger partial charge >= 0.3 is 17.9 Å². The van der Waals surface area contributed by atoms with Crippen LogP contribution in [-0.2, 0) is 33.3 Å². The van der Waals surface area contributed by atoms with Gasteiger partial charge in [-0.3, -0.25) is 4.79 Å². The molecule has 0 radical (unpaired) electrons. The van der Waals surface area contributed by atoms with Crippen LogP contribution in [0.1, 0.15) is 66.1 Å². The van der Waals surface area contributed by atoms with E-state index in [1.165, 1.54) is 25.5 Å². The first-order chi connectivity index (χ1) is 17.6. The van der Waals surface area contributed by atoms with Gasteiger partial charge in [0.1, 0.15) is 23.4 Å². The Bertz CT molecular complexity index is 1250. The van der Waals surface area contributed by atoms with Crippen LogP contribution in [0.2, 0.25) is 0 Å². The van der Waals surface area contributed by atoms with E-state index in [1.54, 1.807) is 32.9 Å². The van der Waals surface area contributed by atoms with Gasteiger partial charge in [0.05, 0.1) is 29.6 Å². The molecule has 206 valence electrons. The van der Waals surface area contributed by atoms with Crippen molar-refractivity contribution in [1.29, 1.82) is 0 Å². The highest BCUT2D eigenvalue weighted by atomic mass is 16.7. The molecule has 1 aromatic rings. The van der Waals surface area contributed by atoms with Gasteiger partial charge in [-0.1, -0.05) is 19.9 Å². The SMILES string of the molecule is CC(=O)O[C@@H]1C[C@]2(C=CC(=O)OC2(C)C)[C@@](C)(O)[C@H]2[C@@H](O)C[C@@]3(C)[C@H](c4ccoc4)OC(=O)[C@H]4O[C@]43[C@]12C. The summed E-state index contributed by atoms with van der Waals surface area (Å²) in [7, 11) is 0. The molecule has 0 unspecified atom stereocenters. The lowest BCUT2D eigenvalue weighted by atomic mass is 9.36. The molecule has 4 heterocycles. The third-order valence-corrected chi connectivity index (χ3v) is 10.7. The van der Waals surface area contributed by atoms with Crippen molar-refractivity contribution in [2.45, 2.75) is 95.6 Å². The summed E-state index contributed by atoms with van der Waals surface area (Å²) in [5.41, 5.74) is -6.93. The lowest BCUT2D eigenvalue weighted by molar-refractivity contribution is -0.325. The molecule has 0 amide bonds. The van der Waals surface area contributed by atoms with Crippen LogP contribution in [0.3, 0.4) is 0 Å². The second-order valence-corrected chi connectivity index (χ2v) is 12.7. The topological polar surface area (TPSA) is 145 Å². The van der Waals surface area contributed by atoms with Crippen molar-refractivity contribution in [3.63, 3.8) is 0 Å². The molecule has 2 N–H and O–H groups in total. The monoisotopic (exact) mass is 530 g/mol. The summed E-state index contributed by atoms with van der Waals surface area (Å²) in [4.78, 5) is 38.1. The van der Waals surface area contributed by atoms with E-state index in [4.69, 9.17) is 23.4 Å². The molecule has 0 aromatic carbocycles. The van der Waals surface area contributed by atoms with E-state index in [0.29, 0.717) is 5.56 Å². The molecule has 3 aliphatic heterocycles. The van der Waals surface area contributed by atoms with Gasteiger partial charge in [0.15, 0.2) is 6.10 Å². The fourth-order valence-electron chi connectivity index (χ4n) is 9.26. The molecule has 0 bridgehead atoms. The maximum Gasteiger partial charge on any atom is 0.339 e. The number of epoxide rings is 1. The maximum absolute atomic E-state index is 13.3. The van der Waals surface area contributed by atoms with Crippen LogP contribution in [0.15, 0.2) is 35.2 Å². The summed E-state index contributed by atoms with van der Waals surface area (Å²) >= 11 is 0. The van der Waals surface area contributed by atoms with Crippen molar-refractivity contribution in [3.05, 3.63) is 36.3 Å². The Labute approximate surface area is 220 Å². The van der Waals surface area contributed by atoms with Gasteiger partial charge in [0, 0.05) is 41.7 Å². The molecule has 4 fully saturated rings. The number of hydrogen-bond donors (Lipinski definition) is 2. The minimum atomic E-state index is -1.68. The second kappa shape index (κ2) is 7.28. The first-order valence-corrected chi connectivity index (χ1v) is 13.0. The Morgan fingerprint density at radius 1 is 1.11 bits per heavy atom. The van der Waals surface area contributed by atoms with Gasteiger partial charge in [-0.2, -0.15) is 0 Å². The van der Waals surface area contributed by atoms with Crippen LogP contribution < -0.4 is 0 Å². The van der Waals surface area contributed by atoms with E-state index < -0.39 is 81.3 Å². The molecule has 6 rings (SSSR count). The zero-order valence-electron chi connectivity index (χ0n) is 22.3. The number of aliphatic hydroxyl groups is 2. The summed E-state index contributed by atoms with van der Waals surface area (Å²) in [6.07, 6.45) is 2.26. The third-order valence-electron chi connectivity index (χ3n) is 10.7. The van der Waals surface area contributed by atoms with Crippen LogP contribution >= 0.6 is 0 Å². The molecule has 5 aliphatic rings. The summed E-state index contributed by atoms with van der Waals surface area (Å²) in [6, 6.07) is 1.71. The Balaban J connectivity index is 1.59. The highest BCUT2D eigenvalue weighted by molar-refractivity contribution is 5.84. The quantitative estimate of drug-likeness (QED) is 0.332. The van der Waals surface area contributed by atoms with Gasteiger partial charge < -0.3 is 33.6 Å². The summed E-state index contributed by atoms with van der Waals surface area (Å²) in [6.45, 7) is 10.1. The molecular weight excluding hydrogens is 496 g/mol. The van der Waals surface area contributed by atoms with Gasteiger partial charge in [-0.05, 0) is 33.3 Å². The molecule has 2 aliphatic carbocycles. The second-order valence-electron chi connectivity index (χ2n) is 12.7. The number of furan rings is 1. The van der Waals surface area contributed by atoms with Crippen molar-refractivity contribution in [3.8, 4) is 0 Å². The van der Waals surface area contributed by atoms with Crippen molar-refractivity contribution in [1.82, 2.24) is 0 Å². The van der Waals surface area contributed by atoms with E-state index in [2.05, 4.69) is 0 Å². The van der Waals surface area contributed by atoms with Crippen molar-refractivity contribution < 1.29 is 48.0 Å². The van der Waals surface area contributed by atoms with Crippen LogP contribution in [-0.4, -0.2) is 63.2 Å². The summed E-state index contributed by atoms with van der Waals surface area (Å²) in [5, 5.41) is 24.5. The zero-order valence-corrected chi connectivity index (χ0v) is 22.3. The van der Waals surface area contributed by atoms with Crippen LogP contribution in [0, 0.1) is 22.2 Å². The van der Waals surface area contributed by atoms with Gasteiger partial charge in [-0.15, -0.1) is 0 Å². The van der Waals surface area contributed by atoms with Crippen LogP contribution in [0.4, 0.5) is 0 Å². The average molecular weight is 531 g/mol. The number of aliphatic hydroxyl groups excluding tert-OH is 1. The molecule has 10 atom stereocenters.